The Bertz CT molecular complexity index is 579. The number of carbonyl (C=O) groups excluding carboxylic acids is 2. The Labute approximate surface area is 144 Å². The normalized spacial score (nSPS) is 15.3. The molecule has 9 heteroatoms. The number of nitrogens with zero attached hydrogens (tertiary/aromatic N) is 3. The Morgan fingerprint density at radius 1 is 1.48 bits per heavy atom. The highest BCUT2D eigenvalue weighted by atomic mass is 35.5. The Morgan fingerprint density at radius 3 is 2.78 bits per heavy atom. The Hall–Kier alpha value is -1.54. The summed E-state index contributed by atoms with van der Waals surface area (Å²) in [6, 6.07) is -0.0167. The van der Waals surface area contributed by atoms with Crippen LogP contribution in [0.1, 0.15) is 30.3 Å². The smallest absolute Gasteiger partial charge is 0.409 e. The van der Waals surface area contributed by atoms with Crippen LogP contribution >= 0.6 is 23.4 Å². The lowest BCUT2D eigenvalue weighted by molar-refractivity contribution is 0.0856. The fraction of sp³-hybridized carbons (Fsp3) is 0.571. The summed E-state index contributed by atoms with van der Waals surface area (Å²) in [5.41, 5.74) is 0.179. The van der Waals surface area contributed by atoms with Crippen molar-refractivity contribution in [1.82, 2.24) is 20.2 Å². The van der Waals surface area contributed by atoms with E-state index in [0.29, 0.717) is 37.7 Å². The van der Waals surface area contributed by atoms with Crippen molar-refractivity contribution in [1.29, 1.82) is 0 Å². The summed E-state index contributed by atoms with van der Waals surface area (Å²) >= 11 is 7.35. The van der Waals surface area contributed by atoms with Gasteiger partial charge in [-0.3, -0.25) is 4.79 Å². The molecule has 1 N–H and O–H groups in total. The molecule has 1 aliphatic heterocycles. The predicted octanol–water partition coefficient (Wildman–Crippen LogP) is 2.20. The van der Waals surface area contributed by atoms with E-state index in [0.717, 1.165) is 0 Å². The molecule has 0 bridgehead atoms. The van der Waals surface area contributed by atoms with Crippen molar-refractivity contribution in [2.45, 2.75) is 31.0 Å². The van der Waals surface area contributed by atoms with Crippen LogP contribution in [0.3, 0.4) is 0 Å². The third-order valence-electron chi connectivity index (χ3n) is 3.48. The molecule has 0 spiro atoms. The van der Waals surface area contributed by atoms with Crippen molar-refractivity contribution in [2.75, 3.05) is 26.0 Å². The molecule has 23 heavy (non-hydrogen) atoms. The van der Waals surface area contributed by atoms with Crippen molar-refractivity contribution in [3.8, 4) is 0 Å². The number of piperidine rings is 1. The molecule has 1 fully saturated rings. The number of halogens is 1. The first-order chi connectivity index (χ1) is 11.0. The quantitative estimate of drug-likeness (QED) is 0.656. The Balaban J connectivity index is 1.91. The molecule has 2 amide bonds. The van der Waals surface area contributed by atoms with Gasteiger partial charge in [-0.15, -0.1) is 0 Å². The topological polar surface area (TPSA) is 84.4 Å². The number of nitrogens with one attached hydrogen (secondary N) is 1. The van der Waals surface area contributed by atoms with E-state index in [-0.39, 0.29) is 28.8 Å². The van der Waals surface area contributed by atoms with E-state index < -0.39 is 0 Å². The molecule has 1 aliphatic rings. The molecule has 2 heterocycles. The van der Waals surface area contributed by atoms with Crippen LogP contribution in [0.4, 0.5) is 4.79 Å². The number of carbonyl (C=O) groups is 2. The number of amides is 2. The van der Waals surface area contributed by atoms with E-state index in [1.165, 1.54) is 18.0 Å². The van der Waals surface area contributed by atoms with Crippen molar-refractivity contribution in [3.05, 3.63) is 16.9 Å². The maximum absolute atomic E-state index is 12.3. The molecule has 0 aliphatic carbocycles. The highest BCUT2D eigenvalue weighted by molar-refractivity contribution is 7.98. The first kappa shape index (κ1) is 17.8. The second-order valence-corrected chi connectivity index (χ2v) is 6.17. The van der Waals surface area contributed by atoms with Gasteiger partial charge in [-0.25, -0.2) is 14.8 Å². The van der Waals surface area contributed by atoms with Gasteiger partial charge in [0.05, 0.1) is 17.8 Å². The molecule has 2 rings (SSSR count). The van der Waals surface area contributed by atoms with Gasteiger partial charge in [-0.05, 0) is 26.0 Å². The third kappa shape index (κ3) is 4.71. The summed E-state index contributed by atoms with van der Waals surface area (Å²) in [6.07, 6.45) is 4.29. The van der Waals surface area contributed by atoms with Gasteiger partial charge in [0.1, 0.15) is 0 Å². The fourth-order valence-corrected chi connectivity index (χ4v) is 2.80. The lowest BCUT2D eigenvalue weighted by Gasteiger charge is -2.31. The Kier molecular flexibility index (Phi) is 6.47. The molecule has 0 atom stereocenters. The molecular formula is C14H19ClN4O3S. The highest BCUT2D eigenvalue weighted by Crippen LogP contribution is 2.18. The van der Waals surface area contributed by atoms with Crippen molar-refractivity contribution >= 4 is 35.4 Å². The van der Waals surface area contributed by atoms with Gasteiger partial charge in [0.25, 0.3) is 5.91 Å². The van der Waals surface area contributed by atoms with Crippen molar-refractivity contribution in [2.24, 2.45) is 0 Å². The molecule has 0 aromatic carbocycles. The number of thioether (sulfide) groups is 1. The minimum atomic E-state index is -0.317. The number of aromatic nitrogens is 2. The maximum atomic E-state index is 12.3. The zero-order chi connectivity index (χ0) is 16.8. The van der Waals surface area contributed by atoms with E-state index in [4.69, 9.17) is 16.3 Å². The fourth-order valence-electron chi connectivity index (χ4n) is 2.28. The van der Waals surface area contributed by atoms with Gasteiger partial charge in [0, 0.05) is 19.1 Å². The van der Waals surface area contributed by atoms with Crippen LogP contribution in [0.25, 0.3) is 0 Å². The number of likely N-dealkylation sites (tertiary alicyclic amines) is 1. The van der Waals surface area contributed by atoms with Gasteiger partial charge < -0.3 is 15.0 Å². The molecule has 0 unspecified atom stereocenters. The first-order valence-electron chi connectivity index (χ1n) is 7.34. The summed E-state index contributed by atoms with van der Waals surface area (Å²) in [6.45, 7) is 3.24. The van der Waals surface area contributed by atoms with Crippen LogP contribution in [0, 0.1) is 0 Å². The van der Waals surface area contributed by atoms with E-state index in [1.54, 1.807) is 11.8 Å². The van der Waals surface area contributed by atoms with Crippen LogP contribution < -0.4 is 5.32 Å². The number of hydrogen-bond acceptors (Lipinski definition) is 6. The summed E-state index contributed by atoms with van der Waals surface area (Å²) in [5, 5.41) is 3.64. The Morgan fingerprint density at radius 2 is 2.17 bits per heavy atom. The molecule has 1 saturated heterocycles. The van der Waals surface area contributed by atoms with Crippen LogP contribution in [-0.2, 0) is 4.74 Å². The van der Waals surface area contributed by atoms with Gasteiger partial charge in [0.15, 0.2) is 10.9 Å². The van der Waals surface area contributed by atoms with Crippen LogP contribution in [0.2, 0.25) is 5.02 Å². The van der Waals surface area contributed by atoms with Crippen LogP contribution in [0.15, 0.2) is 11.4 Å². The highest BCUT2D eigenvalue weighted by Gasteiger charge is 2.25. The standard InChI is InChI=1S/C14H19ClN4O3S/c1-3-22-14(21)19-6-4-9(5-7-19)17-12(20)11-10(15)8-16-13(18-11)23-2/h8-9H,3-7H2,1-2H3,(H,17,20). The zero-order valence-electron chi connectivity index (χ0n) is 13.0. The van der Waals surface area contributed by atoms with E-state index >= 15 is 0 Å². The predicted molar refractivity (Wildman–Crippen MR) is 87.9 cm³/mol. The minimum Gasteiger partial charge on any atom is -0.450 e. The second-order valence-electron chi connectivity index (χ2n) is 4.99. The van der Waals surface area contributed by atoms with Crippen LogP contribution in [0.5, 0.6) is 0 Å². The molecule has 7 nitrogen and oxygen atoms in total. The summed E-state index contributed by atoms with van der Waals surface area (Å²) in [4.78, 5) is 33.8. The average Bonchev–Trinajstić information content (AvgIpc) is 2.56. The lowest BCUT2D eigenvalue weighted by atomic mass is 10.1. The molecule has 1 aromatic rings. The first-order valence-corrected chi connectivity index (χ1v) is 8.94. The SMILES string of the molecule is CCOC(=O)N1CCC(NC(=O)c2nc(SC)ncc2Cl)CC1. The van der Waals surface area contributed by atoms with Gasteiger partial charge in [-0.1, -0.05) is 23.4 Å². The van der Waals surface area contributed by atoms with E-state index in [2.05, 4.69) is 15.3 Å². The van der Waals surface area contributed by atoms with E-state index in [1.807, 2.05) is 6.26 Å². The average molecular weight is 359 g/mol. The summed E-state index contributed by atoms with van der Waals surface area (Å²) < 4.78 is 4.97. The third-order valence-corrected chi connectivity index (χ3v) is 4.31. The van der Waals surface area contributed by atoms with Gasteiger partial charge in [-0.2, -0.15) is 0 Å². The number of rotatable bonds is 4. The van der Waals surface area contributed by atoms with E-state index in [9.17, 15) is 9.59 Å². The van der Waals surface area contributed by atoms with Gasteiger partial charge >= 0.3 is 6.09 Å². The largest absolute Gasteiger partial charge is 0.450 e. The minimum absolute atomic E-state index is 0.0167. The monoisotopic (exact) mass is 358 g/mol. The summed E-state index contributed by atoms with van der Waals surface area (Å²) in [5.74, 6) is -0.317. The molecule has 0 radical (unpaired) electrons. The second kappa shape index (κ2) is 8.35. The lowest BCUT2D eigenvalue weighted by Crippen LogP contribution is -2.46. The number of hydrogen-bond donors (Lipinski definition) is 1. The molecule has 1 aromatic heterocycles. The van der Waals surface area contributed by atoms with Crippen molar-refractivity contribution < 1.29 is 14.3 Å². The molecule has 0 saturated carbocycles. The molecule has 126 valence electrons. The van der Waals surface area contributed by atoms with Gasteiger partial charge in [0.2, 0.25) is 0 Å². The van der Waals surface area contributed by atoms with Crippen molar-refractivity contribution in [3.63, 3.8) is 0 Å². The maximum Gasteiger partial charge on any atom is 0.409 e. The van der Waals surface area contributed by atoms with Crippen LogP contribution in [-0.4, -0.2) is 58.9 Å². The number of ether oxygens (including phenoxy) is 1. The zero-order valence-corrected chi connectivity index (χ0v) is 14.6. The molecular weight excluding hydrogens is 340 g/mol. The summed E-state index contributed by atoms with van der Waals surface area (Å²) in [7, 11) is 0.